The molecule has 0 aliphatic heterocycles. The summed E-state index contributed by atoms with van der Waals surface area (Å²) in [5.41, 5.74) is -0.646. The zero-order chi connectivity index (χ0) is 27.5. The highest BCUT2D eigenvalue weighted by Crippen LogP contribution is 2.34. The van der Waals surface area contributed by atoms with Crippen molar-refractivity contribution in [2.45, 2.75) is 44.6 Å². The van der Waals surface area contributed by atoms with Crippen molar-refractivity contribution in [3.63, 3.8) is 0 Å². The van der Waals surface area contributed by atoms with Crippen LogP contribution in [0.3, 0.4) is 0 Å². The maximum Gasteiger partial charge on any atom is 0.336 e. The van der Waals surface area contributed by atoms with Gasteiger partial charge in [-0.3, -0.25) is 23.3 Å². The molecule has 0 saturated heterocycles. The molecule has 38 heavy (non-hydrogen) atoms. The standard InChI is InChI=1S/C27H27FN4O5S/c1-5-38(36,37)19-8-6-7-18(14-19)31-23-16(3)25(33)30(4)24(29-21-12-9-15(2)13-20(21)28)22(23)26(34)32(27(31)35)17-10-11-17/h6-9,12-14,17,29H,5,10-11H2,1-4H3. The Balaban J connectivity index is 1.93. The van der Waals surface area contributed by atoms with E-state index in [4.69, 9.17) is 0 Å². The molecule has 2 heterocycles. The van der Waals surface area contributed by atoms with Gasteiger partial charge in [0.25, 0.3) is 11.1 Å². The summed E-state index contributed by atoms with van der Waals surface area (Å²) < 4.78 is 43.6. The van der Waals surface area contributed by atoms with Gasteiger partial charge in [-0.2, -0.15) is 0 Å². The number of halogens is 1. The fourth-order valence-corrected chi connectivity index (χ4v) is 5.61. The smallest absolute Gasteiger partial charge is 0.336 e. The van der Waals surface area contributed by atoms with Gasteiger partial charge in [0, 0.05) is 18.7 Å². The first kappa shape index (κ1) is 25.7. The first-order valence-electron chi connectivity index (χ1n) is 12.2. The normalized spacial score (nSPS) is 13.7. The number of aromatic nitrogens is 3. The van der Waals surface area contributed by atoms with Crippen molar-refractivity contribution >= 4 is 32.2 Å². The molecule has 1 aliphatic rings. The molecular formula is C27H27FN4O5S. The summed E-state index contributed by atoms with van der Waals surface area (Å²) in [5.74, 6) is -0.674. The third-order valence-electron chi connectivity index (χ3n) is 6.95. The summed E-state index contributed by atoms with van der Waals surface area (Å²) in [5, 5.41) is 2.94. The maximum atomic E-state index is 14.8. The highest BCUT2D eigenvalue weighted by molar-refractivity contribution is 7.91. The quantitative estimate of drug-likeness (QED) is 0.402. The number of anilines is 2. The zero-order valence-electron chi connectivity index (χ0n) is 21.4. The molecule has 1 fully saturated rings. The van der Waals surface area contributed by atoms with E-state index in [2.05, 4.69) is 5.32 Å². The second kappa shape index (κ2) is 9.09. The van der Waals surface area contributed by atoms with Gasteiger partial charge in [0.2, 0.25) is 0 Å². The zero-order valence-corrected chi connectivity index (χ0v) is 22.2. The van der Waals surface area contributed by atoms with Crippen LogP contribution in [0.4, 0.5) is 15.9 Å². The van der Waals surface area contributed by atoms with Crippen LogP contribution in [0.2, 0.25) is 0 Å². The lowest BCUT2D eigenvalue weighted by molar-refractivity contribution is 0.597. The van der Waals surface area contributed by atoms with E-state index in [0.717, 1.165) is 4.57 Å². The van der Waals surface area contributed by atoms with Crippen molar-refractivity contribution in [2.24, 2.45) is 7.05 Å². The Bertz CT molecular complexity index is 1920. The summed E-state index contributed by atoms with van der Waals surface area (Å²) in [6.07, 6.45) is 1.26. The number of sulfone groups is 1. The van der Waals surface area contributed by atoms with Gasteiger partial charge < -0.3 is 5.32 Å². The number of aryl methyl sites for hydroxylation is 2. The molecule has 1 saturated carbocycles. The molecule has 0 unspecified atom stereocenters. The van der Waals surface area contributed by atoms with Crippen molar-refractivity contribution in [3.8, 4) is 5.69 Å². The van der Waals surface area contributed by atoms with Crippen LogP contribution in [0.15, 0.2) is 61.7 Å². The van der Waals surface area contributed by atoms with Crippen LogP contribution in [-0.2, 0) is 16.9 Å². The van der Waals surface area contributed by atoms with Crippen molar-refractivity contribution in [2.75, 3.05) is 11.1 Å². The van der Waals surface area contributed by atoms with E-state index in [1.165, 1.54) is 60.4 Å². The van der Waals surface area contributed by atoms with Gasteiger partial charge in [-0.15, -0.1) is 0 Å². The molecule has 0 radical (unpaired) electrons. The molecular weight excluding hydrogens is 511 g/mol. The minimum Gasteiger partial charge on any atom is -0.338 e. The number of hydrogen-bond donors (Lipinski definition) is 1. The van der Waals surface area contributed by atoms with Gasteiger partial charge in [-0.1, -0.05) is 19.1 Å². The summed E-state index contributed by atoms with van der Waals surface area (Å²) in [6.45, 7) is 4.76. The van der Waals surface area contributed by atoms with Crippen LogP contribution < -0.4 is 22.1 Å². The van der Waals surface area contributed by atoms with E-state index in [1.807, 2.05) is 0 Å². The molecule has 11 heteroatoms. The molecule has 9 nitrogen and oxygen atoms in total. The third-order valence-corrected chi connectivity index (χ3v) is 8.68. The predicted octanol–water partition coefficient (Wildman–Crippen LogP) is 3.48. The lowest BCUT2D eigenvalue weighted by Gasteiger charge is -2.21. The first-order chi connectivity index (χ1) is 18.0. The fraction of sp³-hybridized carbons (Fsp3) is 0.296. The molecule has 0 amide bonds. The molecule has 0 spiro atoms. The van der Waals surface area contributed by atoms with E-state index < -0.39 is 32.5 Å². The number of benzene rings is 2. The third kappa shape index (κ3) is 4.07. The van der Waals surface area contributed by atoms with E-state index in [0.29, 0.717) is 18.4 Å². The van der Waals surface area contributed by atoms with Gasteiger partial charge >= 0.3 is 5.69 Å². The molecule has 4 aromatic rings. The topological polar surface area (TPSA) is 112 Å². The predicted molar refractivity (Wildman–Crippen MR) is 144 cm³/mol. The Labute approximate surface area is 217 Å². The summed E-state index contributed by atoms with van der Waals surface area (Å²) in [7, 11) is -2.14. The number of fused-ring (bicyclic) bond motifs is 1. The van der Waals surface area contributed by atoms with E-state index >= 15 is 0 Å². The molecule has 2 aromatic carbocycles. The molecule has 0 atom stereocenters. The average molecular weight is 539 g/mol. The SMILES string of the molecule is CCS(=O)(=O)c1cccc(-n2c(=O)n(C3CC3)c(=O)c3c(Nc4ccc(C)cc4F)n(C)c(=O)c(C)c32)c1. The van der Waals surface area contributed by atoms with Crippen LogP contribution in [0, 0.1) is 19.7 Å². The van der Waals surface area contributed by atoms with Crippen LogP contribution >= 0.6 is 0 Å². The Hall–Kier alpha value is -3.99. The summed E-state index contributed by atoms with van der Waals surface area (Å²) in [6, 6.07) is 10.1. The van der Waals surface area contributed by atoms with Crippen LogP contribution in [-0.4, -0.2) is 27.9 Å². The number of nitrogens with one attached hydrogen (secondary N) is 1. The van der Waals surface area contributed by atoms with Crippen molar-refractivity contribution in [1.29, 1.82) is 0 Å². The van der Waals surface area contributed by atoms with Gasteiger partial charge in [-0.25, -0.2) is 17.6 Å². The van der Waals surface area contributed by atoms with Crippen molar-refractivity contribution in [3.05, 3.63) is 90.6 Å². The monoisotopic (exact) mass is 538 g/mol. The minimum absolute atomic E-state index is 0.0169. The van der Waals surface area contributed by atoms with E-state index in [-0.39, 0.29) is 50.3 Å². The number of hydrogen-bond acceptors (Lipinski definition) is 6. The second-order valence-corrected chi connectivity index (χ2v) is 11.9. The minimum atomic E-state index is -3.60. The van der Waals surface area contributed by atoms with E-state index in [1.54, 1.807) is 19.1 Å². The van der Waals surface area contributed by atoms with Gasteiger partial charge in [0.15, 0.2) is 9.84 Å². The number of rotatable bonds is 6. The van der Waals surface area contributed by atoms with E-state index in [9.17, 15) is 27.2 Å². The highest BCUT2D eigenvalue weighted by Gasteiger charge is 2.32. The molecule has 1 aliphatic carbocycles. The summed E-state index contributed by atoms with van der Waals surface area (Å²) in [4.78, 5) is 41.0. The first-order valence-corrected chi connectivity index (χ1v) is 13.9. The Kier molecular flexibility index (Phi) is 6.13. The maximum absolute atomic E-state index is 14.8. The Morgan fingerprint density at radius 3 is 2.37 bits per heavy atom. The number of pyridine rings is 1. The van der Waals surface area contributed by atoms with Crippen molar-refractivity contribution in [1.82, 2.24) is 13.7 Å². The summed E-state index contributed by atoms with van der Waals surface area (Å²) >= 11 is 0. The highest BCUT2D eigenvalue weighted by atomic mass is 32.2. The van der Waals surface area contributed by atoms with Gasteiger partial charge in [-0.05, 0) is 62.6 Å². The molecule has 5 rings (SSSR count). The van der Waals surface area contributed by atoms with Crippen LogP contribution in [0.1, 0.15) is 36.9 Å². The average Bonchev–Trinajstić information content (AvgIpc) is 3.72. The Morgan fingerprint density at radius 1 is 1.03 bits per heavy atom. The lowest BCUT2D eigenvalue weighted by Crippen LogP contribution is -2.41. The van der Waals surface area contributed by atoms with Crippen LogP contribution in [0.5, 0.6) is 0 Å². The molecule has 198 valence electrons. The molecule has 1 N–H and O–H groups in total. The van der Waals surface area contributed by atoms with Gasteiger partial charge in [0.05, 0.1) is 27.5 Å². The fourth-order valence-electron chi connectivity index (χ4n) is 4.69. The van der Waals surface area contributed by atoms with Crippen molar-refractivity contribution < 1.29 is 12.8 Å². The van der Waals surface area contributed by atoms with Gasteiger partial charge in [0.1, 0.15) is 17.0 Å². The van der Waals surface area contributed by atoms with Crippen LogP contribution in [0.25, 0.3) is 16.6 Å². The largest absolute Gasteiger partial charge is 0.338 e. The lowest BCUT2D eigenvalue weighted by atomic mass is 10.1. The molecule has 2 aromatic heterocycles. The molecule has 0 bridgehead atoms. The number of nitrogens with zero attached hydrogens (tertiary/aromatic N) is 3. The Morgan fingerprint density at radius 2 is 1.74 bits per heavy atom. The second-order valence-electron chi connectivity index (χ2n) is 9.59.